The largest absolute Gasteiger partial charge is 0.391 e. The molecule has 4 rings (SSSR count). The van der Waals surface area contributed by atoms with Crippen molar-refractivity contribution in [1.82, 2.24) is 14.6 Å². The number of anilines is 1. The van der Waals surface area contributed by atoms with E-state index in [9.17, 15) is 13.2 Å². The van der Waals surface area contributed by atoms with Gasteiger partial charge in [0.25, 0.3) is 0 Å². The van der Waals surface area contributed by atoms with Gasteiger partial charge in [0.05, 0.1) is 30.2 Å². The number of nitrogens with zero attached hydrogens (tertiary/aromatic N) is 3. The zero-order chi connectivity index (χ0) is 22.1. The molecule has 162 valence electrons. The van der Waals surface area contributed by atoms with E-state index in [1.807, 2.05) is 20.8 Å². The lowest BCUT2D eigenvalue weighted by Gasteiger charge is -2.20. The fraction of sp³-hybridized carbons (Fsp3) is 0.429. The summed E-state index contributed by atoms with van der Waals surface area (Å²) in [5.74, 6) is -2.38. The van der Waals surface area contributed by atoms with Gasteiger partial charge < -0.3 is 15.6 Å². The molecule has 0 aliphatic carbocycles. The molecule has 6 nitrogen and oxygen atoms in total. The lowest BCUT2D eigenvalue weighted by molar-refractivity contribution is -0.00535. The second-order valence-electron chi connectivity index (χ2n) is 8.23. The second kappa shape index (κ2) is 8.61. The van der Waals surface area contributed by atoms with Crippen LogP contribution in [0.1, 0.15) is 39.2 Å². The lowest BCUT2D eigenvalue weighted by Crippen LogP contribution is -2.21. The minimum Gasteiger partial charge on any atom is -0.391 e. The molecule has 1 atom stereocenters. The molecular weight excluding hydrogens is 397 g/mol. The quantitative estimate of drug-likeness (QED) is 0.622. The zero-order valence-corrected chi connectivity index (χ0v) is 17.1. The van der Waals surface area contributed by atoms with Crippen molar-refractivity contribution < 1.29 is 23.0 Å². The van der Waals surface area contributed by atoms with E-state index in [1.165, 1.54) is 18.3 Å². The molecule has 9 heteroatoms. The normalized spacial score (nSPS) is 17.0. The Balaban J connectivity index is 0.000000310. The standard InChI is InChI=1S/C16H15F3N4.C5H10O2/c1-16(2,3)8-4-10(18)14(11(19)5-8)12-6-9(17)13-7-21-15(20)22-23(12)13;6-5-2-1-3-7-4-5/h4-7H,1-3H3,(H2,20,22);5-6H,1-4H2. The summed E-state index contributed by atoms with van der Waals surface area (Å²) in [4.78, 5) is 3.68. The Morgan fingerprint density at radius 2 is 1.80 bits per heavy atom. The van der Waals surface area contributed by atoms with Crippen molar-refractivity contribution in [3.8, 4) is 11.3 Å². The third-order valence-corrected chi connectivity index (χ3v) is 4.79. The summed E-state index contributed by atoms with van der Waals surface area (Å²) in [5.41, 5.74) is 5.16. The average molecular weight is 422 g/mol. The van der Waals surface area contributed by atoms with E-state index in [1.54, 1.807) is 0 Å². The molecule has 0 amide bonds. The van der Waals surface area contributed by atoms with Crippen molar-refractivity contribution in [3.05, 3.63) is 47.4 Å². The Kier molecular flexibility index (Phi) is 6.33. The molecule has 1 aliphatic heterocycles. The van der Waals surface area contributed by atoms with E-state index >= 15 is 0 Å². The molecule has 0 bridgehead atoms. The number of hydrogen-bond donors (Lipinski definition) is 2. The maximum atomic E-state index is 14.5. The molecule has 0 spiro atoms. The Morgan fingerprint density at radius 1 is 1.13 bits per heavy atom. The third-order valence-electron chi connectivity index (χ3n) is 4.79. The number of aliphatic hydroxyl groups excluding tert-OH is 1. The lowest BCUT2D eigenvalue weighted by atomic mass is 9.86. The summed E-state index contributed by atoms with van der Waals surface area (Å²) in [5, 5.41) is 12.6. The van der Waals surface area contributed by atoms with E-state index in [4.69, 9.17) is 15.6 Å². The van der Waals surface area contributed by atoms with Crippen molar-refractivity contribution in [2.24, 2.45) is 0 Å². The number of nitrogens with two attached hydrogens (primary N) is 1. The monoisotopic (exact) mass is 422 g/mol. The predicted molar refractivity (Wildman–Crippen MR) is 107 cm³/mol. The maximum Gasteiger partial charge on any atom is 0.238 e. The minimum atomic E-state index is -0.786. The number of halogens is 3. The second-order valence-corrected chi connectivity index (χ2v) is 8.23. The van der Waals surface area contributed by atoms with Crippen LogP contribution in [0, 0.1) is 17.5 Å². The number of ether oxygens (including phenoxy) is 1. The van der Waals surface area contributed by atoms with E-state index in [2.05, 4.69) is 10.1 Å². The maximum absolute atomic E-state index is 14.5. The first-order valence-corrected chi connectivity index (χ1v) is 9.63. The van der Waals surface area contributed by atoms with Crippen LogP contribution in [0.2, 0.25) is 0 Å². The molecule has 2 aromatic heterocycles. The summed E-state index contributed by atoms with van der Waals surface area (Å²) in [6.45, 7) is 6.92. The van der Waals surface area contributed by atoms with E-state index in [0.29, 0.717) is 12.2 Å². The van der Waals surface area contributed by atoms with Crippen LogP contribution >= 0.6 is 0 Å². The topological polar surface area (TPSA) is 85.7 Å². The molecule has 3 heterocycles. The first-order chi connectivity index (χ1) is 14.1. The summed E-state index contributed by atoms with van der Waals surface area (Å²) in [7, 11) is 0. The van der Waals surface area contributed by atoms with Crippen LogP contribution in [0.4, 0.5) is 19.1 Å². The van der Waals surface area contributed by atoms with Crippen LogP contribution in [0.5, 0.6) is 0 Å². The summed E-state index contributed by atoms with van der Waals surface area (Å²) in [6, 6.07) is 3.52. The molecule has 1 saturated heterocycles. The Hall–Kier alpha value is -2.65. The molecule has 30 heavy (non-hydrogen) atoms. The fourth-order valence-corrected chi connectivity index (χ4v) is 3.12. The number of nitrogen functional groups attached to an aromatic ring is 1. The van der Waals surface area contributed by atoms with Crippen LogP contribution < -0.4 is 5.73 Å². The molecule has 1 fully saturated rings. The van der Waals surface area contributed by atoms with Crippen LogP contribution in [-0.2, 0) is 10.2 Å². The van der Waals surface area contributed by atoms with Crippen molar-refractivity contribution in [2.45, 2.75) is 45.1 Å². The number of hydrogen-bond acceptors (Lipinski definition) is 5. The minimum absolute atomic E-state index is 0.00658. The summed E-state index contributed by atoms with van der Waals surface area (Å²) < 4.78 is 49.0. The van der Waals surface area contributed by atoms with Gasteiger partial charge >= 0.3 is 0 Å². The van der Waals surface area contributed by atoms with Crippen LogP contribution in [-0.4, -0.2) is 39.0 Å². The van der Waals surface area contributed by atoms with Crippen molar-refractivity contribution >= 4 is 11.5 Å². The van der Waals surface area contributed by atoms with Gasteiger partial charge in [-0.3, -0.25) is 0 Å². The molecule has 3 aromatic rings. The molecule has 1 aromatic carbocycles. The van der Waals surface area contributed by atoms with Gasteiger partial charge in [-0.2, -0.15) is 0 Å². The number of benzene rings is 1. The smallest absolute Gasteiger partial charge is 0.238 e. The first kappa shape index (κ1) is 22.0. The highest BCUT2D eigenvalue weighted by molar-refractivity contribution is 5.68. The van der Waals surface area contributed by atoms with Crippen molar-refractivity contribution in [1.29, 1.82) is 0 Å². The number of aliphatic hydroxyl groups is 1. The first-order valence-electron chi connectivity index (χ1n) is 9.63. The molecule has 0 radical (unpaired) electrons. The molecular formula is C21H25F3N4O2. The number of fused-ring (bicyclic) bond motifs is 1. The fourth-order valence-electron chi connectivity index (χ4n) is 3.12. The number of rotatable bonds is 1. The number of aromatic nitrogens is 3. The van der Waals surface area contributed by atoms with Gasteiger partial charge in [-0.25, -0.2) is 22.7 Å². The predicted octanol–water partition coefficient (Wildman–Crippen LogP) is 3.85. The van der Waals surface area contributed by atoms with Crippen molar-refractivity contribution in [2.75, 3.05) is 18.9 Å². The zero-order valence-electron chi connectivity index (χ0n) is 17.1. The van der Waals surface area contributed by atoms with Gasteiger partial charge in [0.2, 0.25) is 5.95 Å². The van der Waals surface area contributed by atoms with E-state index in [-0.39, 0.29) is 28.8 Å². The van der Waals surface area contributed by atoms with Gasteiger partial charge in [-0.1, -0.05) is 20.8 Å². The molecule has 0 saturated carbocycles. The van der Waals surface area contributed by atoms with Gasteiger partial charge in [0.1, 0.15) is 17.2 Å². The Bertz CT molecular complexity index is 1020. The highest BCUT2D eigenvalue weighted by Gasteiger charge is 2.23. The third kappa shape index (κ3) is 4.73. The van der Waals surface area contributed by atoms with Gasteiger partial charge in [-0.15, -0.1) is 5.10 Å². The Labute approximate surface area is 172 Å². The SMILES string of the molecule is CC(C)(C)c1cc(F)c(-c2cc(F)c3cnc(N)nn23)c(F)c1.OC1CCCOC1. The highest BCUT2D eigenvalue weighted by Crippen LogP contribution is 2.33. The van der Waals surface area contributed by atoms with Crippen LogP contribution in [0.15, 0.2) is 24.4 Å². The van der Waals surface area contributed by atoms with E-state index in [0.717, 1.165) is 30.0 Å². The van der Waals surface area contributed by atoms with Crippen LogP contribution in [0.25, 0.3) is 16.8 Å². The van der Waals surface area contributed by atoms with Gasteiger partial charge in [0, 0.05) is 12.7 Å². The van der Waals surface area contributed by atoms with Gasteiger partial charge in [-0.05, 0) is 36.0 Å². The summed E-state index contributed by atoms with van der Waals surface area (Å²) >= 11 is 0. The van der Waals surface area contributed by atoms with Gasteiger partial charge in [0.15, 0.2) is 5.82 Å². The van der Waals surface area contributed by atoms with Crippen LogP contribution in [0.3, 0.4) is 0 Å². The molecule has 1 aliphatic rings. The highest BCUT2D eigenvalue weighted by atomic mass is 19.1. The van der Waals surface area contributed by atoms with E-state index < -0.39 is 22.9 Å². The molecule has 3 N–H and O–H groups in total. The average Bonchev–Trinajstić information content (AvgIpc) is 2.97. The summed E-state index contributed by atoms with van der Waals surface area (Å²) in [6.07, 6.45) is 2.91. The Morgan fingerprint density at radius 3 is 2.30 bits per heavy atom. The van der Waals surface area contributed by atoms with Crippen molar-refractivity contribution in [3.63, 3.8) is 0 Å². The molecule has 1 unspecified atom stereocenters.